The van der Waals surface area contributed by atoms with Crippen LogP contribution in [0.3, 0.4) is 0 Å². The lowest BCUT2D eigenvalue weighted by Gasteiger charge is -2.04. The number of nitrogens with one attached hydrogen (secondary N) is 1. The Balaban J connectivity index is 1.96. The molecule has 0 fully saturated rings. The third-order valence-electron chi connectivity index (χ3n) is 2.98. The molecule has 2 rings (SSSR count). The number of esters is 1. The largest absolute Gasteiger partial charge is 0.465 e. The number of aromatic nitrogens is 2. The van der Waals surface area contributed by atoms with Gasteiger partial charge in [0.15, 0.2) is 0 Å². The number of carbonyl (C=O) groups is 2. The molecule has 0 aliphatic carbocycles. The van der Waals surface area contributed by atoms with Crippen molar-refractivity contribution in [1.29, 1.82) is 0 Å². The first-order valence-corrected chi connectivity index (χ1v) is 6.26. The Morgan fingerprint density at radius 1 is 1.33 bits per heavy atom. The van der Waals surface area contributed by atoms with Crippen LogP contribution < -0.4 is 10.9 Å². The maximum atomic E-state index is 11.9. The summed E-state index contributed by atoms with van der Waals surface area (Å²) in [6, 6.07) is 8.30. The van der Waals surface area contributed by atoms with Gasteiger partial charge >= 0.3 is 5.97 Å². The van der Waals surface area contributed by atoms with E-state index in [2.05, 4.69) is 15.2 Å². The second-order valence-corrected chi connectivity index (χ2v) is 4.45. The Labute approximate surface area is 123 Å². The monoisotopic (exact) mass is 283 g/mol. The van der Waals surface area contributed by atoms with E-state index in [0.717, 1.165) is 5.56 Å². The van der Waals surface area contributed by atoms with Crippen molar-refractivity contribution >= 4 is 25.3 Å². The van der Waals surface area contributed by atoms with E-state index >= 15 is 0 Å². The lowest BCUT2D eigenvalue weighted by Crippen LogP contribution is -2.23. The third kappa shape index (κ3) is 3.50. The van der Waals surface area contributed by atoms with E-state index in [4.69, 9.17) is 7.85 Å². The molecular weight excluding hydrogens is 269 g/mol. The van der Waals surface area contributed by atoms with Gasteiger partial charge in [0.25, 0.3) is 5.91 Å². The lowest BCUT2D eigenvalue weighted by molar-refractivity contribution is 0.0600. The van der Waals surface area contributed by atoms with Gasteiger partial charge in [0.2, 0.25) is 0 Å². The summed E-state index contributed by atoms with van der Waals surface area (Å²) in [5.41, 5.74) is 2.01. The number of hydrogen-bond acceptors (Lipinski definition) is 4. The quantitative estimate of drug-likeness (QED) is 0.629. The fraction of sp³-hybridized carbons (Fsp3) is 0.214. The van der Waals surface area contributed by atoms with Gasteiger partial charge < -0.3 is 10.1 Å². The normalized spacial score (nSPS) is 10.2. The van der Waals surface area contributed by atoms with Crippen LogP contribution >= 0.6 is 0 Å². The van der Waals surface area contributed by atoms with E-state index < -0.39 is 5.97 Å². The molecule has 0 saturated heterocycles. The highest BCUT2D eigenvalue weighted by Crippen LogP contribution is 2.06. The molecule has 106 valence electrons. The van der Waals surface area contributed by atoms with Crippen molar-refractivity contribution in [2.45, 2.75) is 6.54 Å². The Morgan fingerprint density at radius 2 is 2.00 bits per heavy atom. The van der Waals surface area contributed by atoms with Crippen LogP contribution in [0.1, 0.15) is 26.4 Å². The van der Waals surface area contributed by atoms with Crippen molar-refractivity contribution in [3.05, 3.63) is 47.2 Å². The van der Waals surface area contributed by atoms with Crippen molar-refractivity contribution < 1.29 is 14.3 Å². The van der Waals surface area contributed by atoms with Gasteiger partial charge in [-0.1, -0.05) is 12.1 Å². The van der Waals surface area contributed by atoms with E-state index in [-0.39, 0.29) is 11.6 Å². The summed E-state index contributed by atoms with van der Waals surface area (Å²) in [5.74, 6) is -0.700. The Bertz CT molecular complexity index is 645. The summed E-state index contributed by atoms with van der Waals surface area (Å²) in [6.07, 6.45) is 0. The summed E-state index contributed by atoms with van der Waals surface area (Å²) >= 11 is 0. The molecule has 0 atom stereocenters. The van der Waals surface area contributed by atoms with Gasteiger partial charge in [-0.15, -0.1) is 0 Å². The van der Waals surface area contributed by atoms with Gasteiger partial charge in [-0.3, -0.25) is 9.48 Å². The molecular formula is C14H14BN3O3. The van der Waals surface area contributed by atoms with E-state index in [1.807, 2.05) is 0 Å². The summed E-state index contributed by atoms with van der Waals surface area (Å²) in [6.45, 7) is 0.330. The summed E-state index contributed by atoms with van der Waals surface area (Å²) in [4.78, 5) is 23.2. The molecule has 0 aliphatic rings. The van der Waals surface area contributed by atoms with Crippen molar-refractivity contribution in [2.24, 2.45) is 7.05 Å². The molecule has 1 amide bonds. The van der Waals surface area contributed by atoms with Gasteiger partial charge in [0.05, 0.1) is 12.7 Å². The highest BCUT2D eigenvalue weighted by Gasteiger charge is 2.10. The molecule has 0 saturated carbocycles. The summed E-state index contributed by atoms with van der Waals surface area (Å²) in [7, 11) is 8.61. The minimum absolute atomic E-state index is 0.265. The molecule has 1 aromatic carbocycles. The first-order valence-electron chi connectivity index (χ1n) is 6.26. The minimum Gasteiger partial charge on any atom is -0.465 e. The minimum atomic E-state index is -0.394. The van der Waals surface area contributed by atoms with Crippen LogP contribution in [0.2, 0.25) is 0 Å². The Kier molecular flexibility index (Phi) is 4.42. The fourth-order valence-corrected chi connectivity index (χ4v) is 1.74. The third-order valence-corrected chi connectivity index (χ3v) is 2.98. The number of rotatable bonds is 4. The first-order chi connectivity index (χ1) is 10.0. The molecule has 0 unspecified atom stereocenters. The molecule has 2 aromatic rings. The summed E-state index contributed by atoms with van der Waals surface area (Å²) < 4.78 is 6.05. The smallest absolute Gasteiger partial charge is 0.337 e. The van der Waals surface area contributed by atoms with Gasteiger partial charge in [0, 0.05) is 13.6 Å². The average Bonchev–Trinajstić information content (AvgIpc) is 2.84. The fourth-order valence-electron chi connectivity index (χ4n) is 1.74. The van der Waals surface area contributed by atoms with Crippen LogP contribution in [0.4, 0.5) is 0 Å². The second-order valence-electron chi connectivity index (χ2n) is 4.45. The van der Waals surface area contributed by atoms with Crippen LogP contribution in [0.15, 0.2) is 30.3 Å². The van der Waals surface area contributed by atoms with Crippen molar-refractivity contribution in [3.63, 3.8) is 0 Å². The van der Waals surface area contributed by atoms with E-state index in [9.17, 15) is 9.59 Å². The zero-order valence-corrected chi connectivity index (χ0v) is 11.8. The number of hydrogen-bond donors (Lipinski definition) is 1. The molecule has 0 aliphatic heterocycles. The molecule has 0 bridgehead atoms. The number of methoxy groups -OCH3 is 1. The predicted molar refractivity (Wildman–Crippen MR) is 77.5 cm³/mol. The number of ether oxygens (including phenoxy) is 1. The van der Waals surface area contributed by atoms with Crippen LogP contribution in [-0.2, 0) is 18.3 Å². The van der Waals surface area contributed by atoms with Gasteiger partial charge in [-0.2, -0.15) is 5.10 Å². The molecule has 6 nitrogen and oxygen atoms in total. The second kappa shape index (κ2) is 6.26. The van der Waals surface area contributed by atoms with Gasteiger partial charge in [-0.25, -0.2) is 4.79 Å². The zero-order chi connectivity index (χ0) is 15.4. The number of carbonyl (C=O) groups excluding carboxylic acids is 2. The van der Waals surface area contributed by atoms with Gasteiger partial charge in [-0.05, 0) is 29.4 Å². The molecule has 21 heavy (non-hydrogen) atoms. The first kappa shape index (κ1) is 14.8. The maximum absolute atomic E-state index is 11.9. The molecule has 1 N–H and O–H groups in total. The highest BCUT2D eigenvalue weighted by atomic mass is 16.5. The van der Waals surface area contributed by atoms with Crippen LogP contribution in [0.25, 0.3) is 0 Å². The zero-order valence-electron chi connectivity index (χ0n) is 11.8. The maximum Gasteiger partial charge on any atom is 0.337 e. The Hall–Kier alpha value is -2.57. The number of nitrogens with zero attached hydrogens (tertiary/aromatic N) is 2. The van der Waals surface area contributed by atoms with Crippen molar-refractivity contribution in [1.82, 2.24) is 15.1 Å². The van der Waals surface area contributed by atoms with Crippen LogP contribution in [0, 0.1) is 0 Å². The van der Waals surface area contributed by atoms with E-state index in [1.54, 1.807) is 31.3 Å². The standard InChI is InChI=1S/C14H14BN3O3/c1-18-12(15)7-11(17-18)13(19)16-8-9-3-5-10(6-4-9)14(20)21-2/h3-7H,8H2,1-2H3,(H,16,19). The molecule has 0 spiro atoms. The van der Waals surface area contributed by atoms with Crippen molar-refractivity contribution in [2.75, 3.05) is 7.11 Å². The predicted octanol–water partition coefficient (Wildman–Crippen LogP) is -0.0695. The lowest BCUT2D eigenvalue weighted by atomic mass is 10.0. The highest BCUT2D eigenvalue weighted by molar-refractivity contribution is 6.31. The van der Waals surface area contributed by atoms with E-state index in [1.165, 1.54) is 17.9 Å². The molecule has 1 heterocycles. The Morgan fingerprint density at radius 3 is 2.52 bits per heavy atom. The number of benzene rings is 1. The molecule has 1 aromatic heterocycles. The van der Waals surface area contributed by atoms with E-state index in [0.29, 0.717) is 17.7 Å². The number of amides is 1. The van der Waals surface area contributed by atoms with Crippen LogP contribution in [0.5, 0.6) is 0 Å². The topological polar surface area (TPSA) is 73.2 Å². The average molecular weight is 283 g/mol. The van der Waals surface area contributed by atoms with Gasteiger partial charge in [0.1, 0.15) is 13.5 Å². The molecule has 2 radical (unpaired) electrons. The van der Waals surface area contributed by atoms with Crippen LogP contribution in [-0.4, -0.2) is 36.6 Å². The van der Waals surface area contributed by atoms with Crippen molar-refractivity contribution in [3.8, 4) is 0 Å². The summed E-state index contributed by atoms with van der Waals surface area (Å²) in [5, 5.41) is 6.72. The number of aryl methyl sites for hydroxylation is 1. The molecule has 7 heteroatoms. The SMILES string of the molecule is [B]c1cc(C(=O)NCc2ccc(C(=O)OC)cc2)nn1C.